The minimum Gasteiger partial charge on any atom is -0.352 e. The van der Waals surface area contributed by atoms with Crippen molar-refractivity contribution >= 4 is 0 Å². The molecule has 1 aliphatic heterocycles. The Morgan fingerprint density at radius 1 is 0.756 bits per heavy atom. The van der Waals surface area contributed by atoms with Crippen molar-refractivity contribution < 1.29 is 22.6 Å². The van der Waals surface area contributed by atoms with Crippen molar-refractivity contribution in [3.63, 3.8) is 0 Å². The zero-order chi connectivity index (χ0) is 29.0. The normalized spacial score (nSPS) is 17.4. The van der Waals surface area contributed by atoms with E-state index in [1.165, 1.54) is 25.7 Å². The molecular weight excluding hydrogens is 521 g/mol. The second-order valence-corrected chi connectivity index (χ2v) is 11.0. The van der Waals surface area contributed by atoms with Crippen LogP contribution >= 0.6 is 0 Å². The molecule has 1 saturated heterocycles. The highest BCUT2D eigenvalue weighted by molar-refractivity contribution is 5.71. The third-order valence-corrected chi connectivity index (χ3v) is 7.95. The third-order valence-electron chi connectivity index (χ3n) is 7.95. The standard InChI is InChI=1S/C36H43F3O2/c1-3-5-7-8-9-10-12-13-28-19-22-32(36(39)35(28)38)27-17-15-26(16-18-27)31-21-20-29(23-33(31)37)30-24-40-34(41-25-30)14-11-6-4-2/h4,6,15-23,30,34H,3,5,7-14,24-25H2,1-2H3. The zero-order valence-electron chi connectivity index (χ0n) is 24.4. The lowest BCUT2D eigenvalue weighted by Gasteiger charge is -2.29. The molecule has 0 saturated carbocycles. The topological polar surface area (TPSA) is 18.5 Å². The van der Waals surface area contributed by atoms with Gasteiger partial charge in [-0.2, -0.15) is 0 Å². The number of hydrogen-bond donors (Lipinski definition) is 0. The SMILES string of the molecule is CC=CCCC1OCC(c2ccc(-c3ccc(-c4ccc(CCCCCCCCC)c(F)c4F)cc3)c(F)c2)CO1. The van der Waals surface area contributed by atoms with Gasteiger partial charge in [0.05, 0.1) is 13.2 Å². The van der Waals surface area contributed by atoms with Crippen LogP contribution in [0.15, 0.2) is 66.7 Å². The molecule has 0 amide bonds. The Morgan fingerprint density at radius 2 is 1.39 bits per heavy atom. The van der Waals surface area contributed by atoms with Crippen LogP contribution in [0.3, 0.4) is 0 Å². The van der Waals surface area contributed by atoms with Crippen LogP contribution < -0.4 is 0 Å². The quantitative estimate of drug-likeness (QED) is 0.143. The van der Waals surface area contributed by atoms with Gasteiger partial charge < -0.3 is 9.47 Å². The molecule has 0 aromatic heterocycles. The molecule has 0 aliphatic carbocycles. The molecule has 0 spiro atoms. The highest BCUT2D eigenvalue weighted by Crippen LogP contribution is 2.32. The lowest BCUT2D eigenvalue weighted by atomic mass is 9.94. The van der Waals surface area contributed by atoms with E-state index >= 15 is 8.78 Å². The highest BCUT2D eigenvalue weighted by atomic mass is 19.2. The molecule has 0 N–H and O–H groups in total. The summed E-state index contributed by atoms with van der Waals surface area (Å²) < 4.78 is 56.7. The van der Waals surface area contributed by atoms with Gasteiger partial charge >= 0.3 is 0 Å². The molecule has 41 heavy (non-hydrogen) atoms. The maximum atomic E-state index is 15.2. The van der Waals surface area contributed by atoms with Gasteiger partial charge in [-0.15, -0.1) is 0 Å². The first kappa shape index (κ1) is 31.1. The fraction of sp³-hybridized carbons (Fsp3) is 0.444. The molecule has 0 unspecified atom stereocenters. The molecule has 2 nitrogen and oxygen atoms in total. The Bertz CT molecular complexity index is 1260. The van der Waals surface area contributed by atoms with Crippen molar-refractivity contribution in [2.45, 2.75) is 90.3 Å². The van der Waals surface area contributed by atoms with Gasteiger partial charge in [0.25, 0.3) is 0 Å². The number of ether oxygens (including phenoxy) is 2. The average molecular weight is 565 g/mol. The van der Waals surface area contributed by atoms with Crippen LogP contribution in [0, 0.1) is 17.5 Å². The average Bonchev–Trinajstić information content (AvgIpc) is 2.99. The summed E-state index contributed by atoms with van der Waals surface area (Å²) in [6.07, 6.45) is 14.1. The van der Waals surface area contributed by atoms with E-state index in [1.807, 2.05) is 19.1 Å². The molecule has 5 heteroatoms. The summed E-state index contributed by atoms with van der Waals surface area (Å²) in [5.74, 6) is -1.95. The van der Waals surface area contributed by atoms with E-state index in [1.54, 1.807) is 48.5 Å². The summed E-state index contributed by atoms with van der Waals surface area (Å²) in [7, 11) is 0. The first-order valence-corrected chi connectivity index (χ1v) is 15.2. The van der Waals surface area contributed by atoms with Crippen molar-refractivity contribution in [2.75, 3.05) is 13.2 Å². The van der Waals surface area contributed by atoms with Gasteiger partial charge in [-0.25, -0.2) is 13.2 Å². The van der Waals surface area contributed by atoms with Crippen LogP contribution in [0.1, 0.15) is 88.7 Å². The summed E-state index contributed by atoms with van der Waals surface area (Å²) in [6, 6.07) is 15.5. The number of unbranched alkanes of at least 4 members (excludes halogenated alkanes) is 6. The van der Waals surface area contributed by atoms with E-state index in [-0.39, 0.29) is 23.6 Å². The van der Waals surface area contributed by atoms with Crippen LogP contribution in [0.2, 0.25) is 0 Å². The van der Waals surface area contributed by atoms with Gasteiger partial charge in [-0.3, -0.25) is 0 Å². The van der Waals surface area contributed by atoms with E-state index < -0.39 is 11.6 Å². The lowest BCUT2D eigenvalue weighted by molar-refractivity contribution is -0.189. The van der Waals surface area contributed by atoms with Crippen LogP contribution in [0.5, 0.6) is 0 Å². The van der Waals surface area contributed by atoms with E-state index in [0.29, 0.717) is 41.9 Å². The van der Waals surface area contributed by atoms with Gasteiger partial charge in [0.1, 0.15) is 5.82 Å². The van der Waals surface area contributed by atoms with Crippen molar-refractivity contribution in [3.8, 4) is 22.3 Å². The predicted octanol–water partition coefficient (Wildman–Crippen LogP) is 10.5. The fourth-order valence-corrected chi connectivity index (χ4v) is 5.43. The van der Waals surface area contributed by atoms with E-state index in [4.69, 9.17) is 9.47 Å². The molecule has 0 atom stereocenters. The molecule has 3 aromatic carbocycles. The molecule has 0 bridgehead atoms. The molecule has 0 radical (unpaired) electrons. The Balaban J connectivity index is 1.35. The van der Waals surface area contributed by atoms with E-state index in [2.05, 4.69) is 13.0 Å². The van der Waals surface area contributed by atoms with Gasteiger partial charge in [-0.05, 0) is 54.5 Å². The predicted molar refractivity (Wildman–Crippen MR) is 161 cm³/mol. The molecular formula is C36H43F3O2. The Hall–Kier alpha value is -2.89. The lowest BCUT2D eigenvalue weighted by Crippen LogP contribution is -2.30. The summed E-state index contributed by atoms with van der Waals surface area (Å²) in [5, 5.41) is 0. The monoisotopic (exact) mass is 564 g/mol. The van der Waals surface area contributed by atoms with Gasteiger partial charge in [-0.1, -0.05) is 106 Å². The van der Waals surface area contributed by atoms with Crippen LogP contribution in [0.4, 0.5) is 13.2 Å². The second kappa shape index (κ2) is 15.9. The number of hydrogen-bond acceptors (Lipinski definition) is 2. The van der Waals surface area contributed by atoms with Crippen LogP contribution in [0.25, 0.3) is 22.3 Å². The summed E-state index contributed by atoms with van der Waals surface area (Å²) >= 11 is 0. The first-order chi connectivity index (χ1) is 20.0. The molecule has 1 fully saturated rings. The second-order valence-electron chi connectivity index (χ2n) is 11.0. The molecule has 220 valence electrons. The maximum Gasteiger partial charge on any atom is 0.166 e. The smallest absolute Gasteiger partial charge is 0.166 e. The van der Waals surface area contributed by atoms with Crippen molar-refractivity contribution in [3.05, 3.63) is 95.3 Å². The van der Waals surface area contributed by atoms with Gasteiger partial charge in [0.15, 0.2) is 17.9 Å². The number of allylic oxidation sites excluding steroid dienone is 2. The minimum atomic E-state index is -0.824. The molecule has 4 rings (SSSR count). The first-order valence-electron chi connectivity index (χ1n) is 15.2. The Morgan fingerprint density at radius 3 is 2.05 bits per heavy atom. The van der Waals surface area contributed by atoms with E-state index in [0.717, 1.165) is 37.7 Å². The molecule has 3 aromatic rings. The minimum absolute atomic E-state index is 0.0227. The largest absolute Gasteiger partial charge is 0.352 e. The van der Waals surface area contributed by atoms with Crippen LogP contribution in [-0.2, 0) is 15.9 Å². The number of aryl methyl sites for hydroxylation is 1. The van der Waals surface area contributed by atoms with Crippen molar-refractivity contribution in [1.82, 2.24) is 0 Å². The zero-order valence-corrected chi connectivity index (χ0v) is 24.4. The van der Waals surface area contributed by atoms with Gasteiger partial charge in [0, 0.05) is 23.5 Å². The highest BCUT2D eigenvalue weighted by Gasteiger charge is 2.24. The summed E-state index contributed by atoms with van der Waals surface area (Å²) in [6.45, 7) is 5.17. The number of halogens is 3. The van der Waals surface area contributed by atoms with Crippen LogP contribution in [-0.4, -0.2) is 19.5 Å². The Labute approximate surface area is 243 Å². The molecule has 1 heterocycles. The summed E-state index contributed by atoms with van der Waals surface area (Å²) in [5.41, 5.74) is 3.17. The summed E-state index contributed by atoms with van der Waals surface area (Å²) in [4.78, 5) is 0. The molecule has 1 aliphatic rings. The fourth-order valence-electron chi connectivity index (χ4n) is 5.43. The number of rotatable bonds is 14. The van der Waals surface area contributed by atoms with Gasteiger partial charge in [0.2, 0.25) is 0 Å². The maximum absolute atomic E-state index is 15.2. The van der Waals surface area contributed by atoms with Crippen molar-refractivity contribution in [2.24, 2.45) is 0 Å². The third kappa shape index (κ3) is 8.56. The number of benzene rings is 3. The van der Waals surface area contributed by atoms with E-state index in [9.17, 15) is 4.39 Å². The Kier molecular flexibility index (Phi) is 12.1. The van der Waals surface area contributed by atoms with Crippen molar-refractivity contribution in [1.29, 1.82) is 0 Å².